The molecule has 0 radical (unpaired) electrons. The zero-order valence-electron chi connectivity index (χ0n) is 11.0. The molecule has 0 N–H and O–H groups in total. The van der Waals surface area contributed by atoms with Gasteiger partial charge in [-0.2, -0.15) is 0 Å². The van der Waals surface area contributed by atoms with Crippen molar-refractivity contribution in [2.75, 3.05) is 43.0 Å². The van der Waals surface area contributed by atoms with Gasteiger partial charge in [0, 0.05) is 43.9 Å². The van der Waals surface area contributed by atoms with Gasteiger partial charge in [-0.3, -0.25) is 4.40 Å². The maximum Gasteiger partial charge on any atom is 0.138 e. The summed E-state index contributed by atoms with van der Waals surface area (Å²) in [5.41, 5.74) is 1.03. The van der Waals surface area contributed by atoms with E-state index in [0.29, 0.717) is 0 Å². The van der Waals surface area contributed by atoms with Gasteiger partial charge in [-0.1, -0.05) is 22.0 Å². The van der Waals surface area contributed by atoms with Crippen LogP contribution in [0.5, 0.6) is 0 Å². The average Bonchev–Trinajstić information content (AvgIpc) is 2.79. The first-order valence-corrected chi connectivity index (χ1v) is 7.96. The lowest BCUT2D eigenvalue weighted by molar-refractivity contribution is 0.313. The fourth-order valence-corrected chi connectivity index (χ4v) is 3.23. The molecule has 2 aromatic heterocycles. The molecule has 0 bridgehead atoms. The standard InChI is InChI=1S/C14H19BrN4/c15-5-9-17-7-2-8-18(12-11-17)14-4-1-3-13-16-6-10-19(13)14/h1,3-4,6,10H,2,5,7-9,11-12H2. The summed E-state index contributed by atoms with van der Waals surface area (Å²) in [6.45, 7) is 5.68. The Bertz CT molecular complexity index is 539. The number of hydrogen-bond donors (Lipinski definition) is 0. The average molecular weight is 323 g/mol. The second-order valence-electron chi connectivity index (χ2n) is 4.91. The van der Waals surface area contributed by atoms with Gasteiger partial charge in [0.25, 0.3) is 0 Å². The lowest BCUT2D eigenvalue weighted by Crippen LogP contribution is -2.32. The summed E-state index contributed by atoms with van der Waals surface area (Å²) in [4.78, 5) is 9.37. The first-order valence-electron chi connectivity index (χ1n) is 6.84. The summed E-state index contributed by atoms with van der Waals surface area (Å²) >= 11 is 3.53. The van der Waals surface area contributed by atoms with Crippen LogP contribution in [0.4, 0.5) is 5.82 Å². The van der Waals surface area contributed by atoms with Crippen LogP contribution in [0.3, 0.4) is 0 Å². The number of alkyl halides is 1. The molecule has 0 aromatic carbocycles. The van der Waals surface area contributed by atoms with Crippen molar-refractivity contribution in [2.24, 2.45) is 0 Å². The van der Waals surface area contributed by atoms with Crippen molar-refractivity contribution in [1.82, 2.24) is 14.3 Å². The van der Waals surface area contributed by atoms with E-state index in [1.54, 1.807) is 0 Å². The van der Waals surface area contributed by atoms with Crippen molar-refractivity contribution in [3.63, 3.8) is 0 Å². The molecule has 4 nitrogen and oxygen atoms in total. The number of pyridine rings is 1. The quantitative estimate of drug-likeness (QED) is 0.810. The topological polar surface area (TPSA) is 23.8 Å². The molecular formula is C14H19BrN4. The van der Waals surface area contributed by atoms with Crippen molar-refractivity contribution < 1.29 is 0 Å². The van der Waals surface area contributed by atoms with Gasteiger partial charge in [0.05, 0.1) is 0 Å². The number of halogens is 1. The maximum atomic E-state index is 4.36. The summed E-state index contributed by atoms with van der Waals surface area (Å²) in [7, 11) is 0. The molecule has 0 aliphatic carbocycles. The lowest BCUT2D eigenvalue weighted by atomic mass is 10.3. The monoisotopic (exact) mass is 322 g/mol. The number of rotatable bonds is 3. The Labute approximate surface area is 122 Å². The third-order valence-electron chi connectivity index (χ3n) is 3.72. The van der Waals surface area contributed by atoms with Crippen molar-refractivity contribution in [1.29, 1.82) is 0 Å². The van der Waals surface area contributed by atoms with Gasteiger partial charge in [-0.15, -0.1) is 0 Å². The van der Waals surface area contributed by atoms with Gasteiger partial charge in [-0.25, -0.2) is 4.98 Å². The van der Waals surface area contributed by atoms with E-state index in [1.807, 2.05) is 12.4 Å². The Kier molecular flexibility index (Phi) is 4.03. The SMILES string of the molecule is BrCCN1CCCN(c2cccc3nccn23)CC1. The number of fused-ring (bicyclic) bond motifs is 1. The van der Waals surface area contributed by atoms with Gasteiger partial charge in [0.15, 0.2) is 0 Å². The molecule has 0 atom stereocenters. The summed E-state index contributed by atoms with van der Waals surface area (Å²) in [6.07, 6.45) is 5.14. The van der Waals surface area contributed by atoms with Crippen LogP contribution in [0.15, 0.2) is 30.6 Å². The minimum absolute atomic E-state index is 1.03. The maximum absolute atomic E-state index is 4.36. The van der Waals surface area contributed by atoms with Gasteiger partial charge in [0.1, 0.15) is 11.5 Å². The van der Waals surface area contributed by atoms with E-state index in [-0.39, 0.29) is 0 Å². The van der Waals surface area contributed by atoms with Crippen LogP contribution in [0.2, 0.25) is 0 Å². The molecule has 1 aliphatic rings. The molecule has 0 amide bonds. The first-order chi connectivity index (χ1) is 9.38. The molecule has 19 heavy (non-hydrogen) atoms. The highest BCUT2D eigenvalue weighted by molar-refractivity contribution is 9.09. The molecule has 5 heteroatoms. The summed E-state index contributed by atoms with van der Waals surface area (Å²) in [5, 5.41) is 1.06. The van der Waals surface area contributed by atoms with Gasteiger partial charge in [-0.05, 0) is 25.1 Å². The Morgan fingerprint density at radius 2 is 2.11 bits per heavy atom. The smallest absolute Gasteiger partial charge is 0.138 e. The number of aromatic nitrogens is 2. The summed E-state index contributed by atoms with van der Waals surface area (Å²) < 4.78 is 2.18. The highest BCUT2D eigenvalue weighted by atomic mass is 79.9. The van der Waals surface area contributed by atoms with E-state index in [1.165, 1.54) is 18.8 Å². The molecular weight excluding hydrogens is 304 g/mol. The Morgan fingerprint density at radius 1 is 1.16 bits per heavy atom. The molecule has 0 unspecified atom stereocenters. The molecule has 0 spiro atoms. The summed E-state index contributed by atoms with van der Waals surface area (Å²) in [6, 6.07) is 6.34. The van der Waals surface area contributed by atoms with Crippen molar-refractivity contribution in [3.8, 4) is 0 Å². The van der Waals surface area contributed by atoms with Crippen LogP contribution in [-0.4, -0.2) is 52.3 Å². The van der Waals surface area contributed by atoms with Crippen LogP contribution in [0.1, 0.15) is 6.42 Å². The van der Waals surface area contributed by atoms with E-state index in [4.69, 9.17) is 0 Å². The molecule has 3 rings (SSSR count). The van der Waals surface area contributed by atoms with Crippen LogP contribution in [0.25, 0.3) is 5.65 Å². The number of nitrogens with zero attached hydrogens (tertiary/aromatic N) is 4. The fourth-order valence-electron chi connectivity index (χ4n) is 2.73. The molecule has 0 saturated carbocycles. The zero-order valence-corrected chi connectivity index (χ0v) is 12.6. The van der Waals surface area contributed by atoms with E-state index >= 15 is 0 Å². The third kappa shape index (κ3) is 2.77. The van der Waals surface area contributed by atoms with Crippen molar-refractivity contribution in [3.05, 3.63) is 30.6 Å². The third-order valence-corrected chi connectivity index (χ3v) is 4.07. The molecule has 1 saturated heterocycles. The molecule has 3 heterocycles. The number of hydrogen-bond acceptors (Lipinski definition) is 3. The largest absolute Gasteiger partial charge is 0.356 e. The second kappa shape index (κ2) is 5.92. The highest BCUT2D eigenvalue weighted by Crippen LogP contribution is 2.18. The van der Waals surface area contributed by atoms with E-state index < -0.39 is 0 Å². The van der Waals surface area contributed by atoms with E-state index in [9.17, 15) is 0 Å². The van der Waals surface area contributed by atoms with Crippen LogP contribution in [-0.2, 0) is 0 Å². The van der Waals surface area contributed by atoms with Crippen LogP contribution in [0, 0.1) is 0 Å². The highest BCUT2D eigenvalue weighted by Gasteiger charge is 2.16. The fraction of sp³-hybridized carbons (Fsp3) is 0.500. The van der Waals surface area contributed by atoms with Crippen LogP contribution < -0.4 is 4.90 Å². The molecule has 102 valence electrons. The molecule has 1 aliphatic heterocycles. The van der Waals surface area contributed by atoms with E-state index in [0.717, 1.165) is 37.2 Å². The van der Waals surface area contributed by atoms with Gasteiger partial charge in [0.2, 0.25) is 0 Å². The van der Waals surface area contributed by atoms with Gasteiger partial charge >= 0.3 is 0 Å². The molecule has 2 aromatic rings. The predicted octanol–water partition coefficient (Wildman–Crippen LogP) is 2.24. The van der Waals surface area contributed by atoms with E-state index in [2.05, 4.69) is 53.3 Å². The number of anilines is 1. The predicted molar refractivity (Wildman–Crippen MR) is 82.3 cm³/mol. The first kappa shape index (κ1) is 12.9. The normalized spacial score (nSPS) is 17.8. The minimum Gasteiger partial charge on any atom is -0.356 e. The van der Waals surface area contributed by atoms with Gasteiger partial charge < -0.3 is 9.80 Å². The zero-order chi connectivity index (χ0) is 13.1. The Morgan fingerprint density at radius 3 is 3.00 bits per heavy atom. The lowest BCUT2D eigenvalue weighted by Gasteiger charge is -2.24. The van der Waals surface area contributed by atoms with Crippen molar-refractivity contribution in [2.45, 2.75) is 6.42 Å². The Balaban J connectivity index is 1.80. The molecule has 1 fully saturated rings. The Hall–Kier alpha value is -1.07. The number of imidazole rings is 1. The summed E-state index contributed by atoms with van der Waals surface area (Å²) in [5.74, 6) is 1.26. The van der Waals surface area contributed by atoms with Crippen LogP contribution >= 0.6 is 15.9 Å². The van der Waals surface area contributed by atoms with Crippen molar-refractivity contribution >= 4 is 27.4 Å². The minimum atomic E-state index is 1.03. The second-order valence-corrected chi connectivity index (χ2v) is 5.70.